The van der Waals surface area contributed by atoms with Gasteiger partial charge in [-0.3, -0.25) is 14.7 Å². The molecule has 2 aromatic rings. The highest BCUT2D eigenvalue weighted by molar-refractivity contribution is 5.92. The molecule has 29 heavy (non-hydrogen) atoms. The molecule has 3 heterocycles. The van der Waals surface area contributed by atoms with E-state index in [4.69, 9.17) is 0 Å². The van der Waals surface area contributed by atoms with Gasteiger partial charge in [0, 0.05) is 43.8 Å². The van der Waals surface area contributed by atoms with E-state index < -0.39 is 5.60 Å². The van der Waals surface area contributed by atoms with Crippen LogP contribution in [0.15, 0.2) is 48.7 Å². The van der Waals surface area contributed by atoms with Gasteiger partial charge < -0.3 is 15.3 Å². The van der Waals surface area contributed by atoms with E-state index >= 15 is 0 Å². The van der Waals surface area contributed by atoms with Crippen molar-refractivity contribution in [2.75, 3.05) is 42.9 Å². The summed E-state index contributed by atoms with van der Waals surface area (Å²) in [5.41, 5.74) is 1.89. The van der Waals surface area contributed by atoms with E-state index in [-0.39, 0.29) is 5.91 Å². The number of pyridine rings is 1. The molecule has 0 unspecified atom stereocenters. The summed E-state index contributed by atoms with van der Waals surface area (Å²) >= 11 is 0. The number of hydrogen-bond acceptors (Lipinski definition) is 5. The van der Waals surface area contributed by atoms with Gasteiger partial charge >= 0.3 is 0 Å². The van der Waals surface area contributed by atoms with Crippen LogP contribution in [0.4, 0.5) is 11.4 Å². The zero-order valence-electron chi connectivity index (χ0n) is 16.9. The fraction of sp³-hybridized carbons (Fsp3) is 0.478. The molecule has 154 valence electrons. The maximum atomic E-state index is 12.5. The summed E-state index contributed by atoms with van der Waals surface area (Å²) in [7, 11) is 0. The second-order valence-corrected chi connectivity index (χ2v) is 8.17. The molecule has 6 nitrogen and oxygen atoms in total. The van der Waals surface area contributed by atoms with Crippen molar-refractivity contribution in [2.24, 2.45) is 0 Å². The lowest BCUT2D eigenvalue weighted by atomic mass is 9.88. The first-order valence-electron chi connectivity index (χ1n) is 10.6. The van der Waals surface area contributed by atoms with Crippen LogP contribution in [0.3, 0.4) is 0 Å². The van der Waals surface area contributed by atoms with Gasteiger partial charge in [-0.1, -0.05) is 6.07 Å². The molecule has 0 bridgehead atoms. The second kappa shape index (κ2) is 8.93. The average Bonchev–Trinajstić information content (AvgIpc) is 2.77. The van der Waals surface area contributed by atoms with Crippen LogP contribution in [-0.4, -0.2) is 53.6 Å². The summed E-state index contributed by atoms with van der Waals surface area (Å²) in [5, 5.41) is 13.9. The van der Waals surface area contributed by atoms with E-state index in [0.717, 1.165) is 24.5 Å². The zero-order chi connectivity index (χ0) is 20.1. The lowest BCUT2D eigenvalue weighted by Crippen LogP contribution is -2.45. The molecule has 1 aromatic carbocycles. The first kappa shape index (κ1) is 19.9. The van der Waals surface area contributed by atoms with E-state index in [1.54, 1.807) is 6.20 Å². The quantitative estimate of drug-likeness (QED) is 0.816. The number of nitrogens with zero attached hydrogens (tertiary/aromatic N) is 3. The Hall–Kier alpha value is -2.44. The minimum Gasteiger partial charge on any atom is -0.383 e. The molecule has 1 aromatic heterocycles. The lowest BCUT2D eigenvalue weighted by Gasteiger charge is -2.37. The zero-order valence-corrected chi connectivity index (χ0v) is 16.9. The molecule has 0 spiro atoms. The Kier molecular flexibility index (Phi) is 6.11. The topological polar surface area (TPSA) is 68.7 Å². The maximum absolute atomic E-state index is 12.5. The molecule has 0 atom stereocenters. The van der Waals surface area contributed by atoms with Crippen molar-refractivity contribution in [2.45, 2.75) is 37.7 Å². The van der Waals surface area contributed by atoms with Crippen LogP contribution >= 0.6 is 0 Å². The number of nitrogens with one attached hydrogen (secondary N) is 1. The van der Waals surface area contributed by atoms with Crippen LogP contribution < -0.4 is 10.2 Å². The lowest BCUT2D eigenvalue weighted by molar-refractivity contribution is -0.118. The minimum atomic E-state index is -0.890. The molecule has 2 N–H and O–H groups in total. The molecule has 0 saturated carbocycles. The van der Waals surface area contributed by atoms with Crippen LogP contribution in [0.2, 0.25) is 0 Å². The third-order valence-corrected chi connectivity index (χ3v) is 6.06. The summed E-state index contributed by atoms with van der Waals surface area (Å²) in [4.78, 5) is 21.3. The normalized spacial score (nSPS) is 19.7. The first-order valence-corrected chi connectivity index (χ1v) is 10.6. The number of aliphatic hydroxyl groups is 1. The van der Waals surface area contributed by atoms with E-state index in [1.165, 1.54) is 24.9 Å². The van der Waals surface area contributed by atoms with E-state index in [2.05, 4.69) is 32.2 Å². The fourth-order valence-corrected chi connectivity index (χ4v) is 4.29. The monoisotopic (exact) mass is 394 g/mol. The van der Waals surface area contributed by atoms with Crippen molar-refractivity contribution in [1.29, 1.82) is 0 Å². The van der Waals surface area contributed by atoms with E-state index in [9.17, 15) is 9.90 Å². The molecule has 2 aliphatic rings. The van der Waals surface area contributed by atoms with Crippen LogP contribution in [-0.2, 0) is 10.4 Å². The molecule has 0 aliphatic carbocycles. The standard InChI is InChI=1S/C23H30N4O2/c28-22(25-19-7-9-20(10-8-19)27-14-4-1-5-15-27)18-26-16-11-23(29,12-17-26)21-6-2-3-13-24-21/h2-3,6-10,13,29H,1,4-5,11-12,14-18H2,(H,25,28). The van der Waals surface area contributed by atoms with Gasteiger partial charge in [0.15, 0.2) is 0 Å². The van der Waals surface area contributed by atoms with Crippen molar-refractivity contribution in [1.82, 2.24) is 9.88 Å². The van der Waals surface area contributed by atoms with Gasteiger partial charge in [0.25, 0.3) is 0 Å². The number of anilines is 2. The average molecular weight is 395 g/mol. The number of carbonyl (C=O) groups excluding carboxylic acids is 1. The number of hydrogen-bond donors (Lipinski definition) is 2. The van der Waals surface area contributed by atoms with Crippen LogP contribution in [0.25, 0.3) is 0 Å². The molecule has 6 heteroatoms. The van der Waals surface area contributed by atoms with Crippen LogP contribution in [0, 0.1) is 0 Å². The maximum Gasteiger partial charge on any atom is 0.238 e. The van der Waals surface area contributed by atoms with Crippen molar-refractivity contribution >= 4 is 17.3 Å². The Morgan fingerprint density at radius 1 is 1.00 bits per heavy atom. The molecule has 1 amide bonds. The predicted octanol–water partition coefficient (Wildman–Crippen LogP) is 2.99. The third kappa shape index (κ3) is 4.95. The minimum absolute atomic E-state index is 0.0148. The molecule has 2 fully saturated rings. The molecular weight excluding hydrogens is 364 g/mol. The number of benzene rings is 1. The number of carbonyl (C=O) groups is 1. The number of likely N-dealkylation sites (tertiary alicyclic amines) is 1. The van der Waals surface area contributed by atoms with Crippen molar-refractivity contribution in [3.63, 3.8) is 0 Å². The van der Waals surface area contributed by atoms with Crippen molar-refractivity contribution in [3.8, 4) is 0 Å². The smallest absolute Gasteiger partial charge is 0.238 e. The first-order chi connectivity index (χ1) is 14.1. The van der Waals surface area contributed by atoms with Gasteiger partial charge in [-0.2, -0.15) is 0 Å². The van der Waals surface area contributed by atoms with Gasteiger partial charge in [-0.25, -0.2) is 0 Å². The van der Waals surface area contributed by atoms with Gasteiger partial charge in [-0.05, 0) is 68.5 Å². The Balaban J connectivity index is 1.26. The Bertz CT molecular complexity index is 795. The molecule has 0 radical (unpaired) electrons. The number of rotatable bonds is 5. The summed E-state index contributed by atoms with van der Waals surface area (Å²) in [6.07, 6.45) is 6.71. The Labute approximate surface area is 172 Å². The number of aromatic nitrogens is 1. The summed E-state index contributed by atoms with van der Waals surface area (Å²) in [5.74, 6) is -0.0148. The van der Waals surface area contributed by atoms with Crippen LogP contribution in [0.1, 0.15) is 37.8 Å². The van der Waals surface area contributed by atoms with Gasteiger partial charge in [-0.15, -0.1) is 0 Å². The number of piperidine rings is 2. The largest absolute Gasteiger partial charge is 0.383 e. The predicted molar refractivity (Wildman–Crippen MR) is 115 cm³/mol. The Morgan fingerprint density at radius 2 is 1.72 bits per heavy atom. The SMILES string of the molecule is O=C(CN1CCC(O)(c2ccccn2)CC1)Nc1ccc(N2CCCCC2)cc1. The summed E-state index contributed by atoms with van der Waals surface area (Å²) < 4.78 is 0. The van der Waals surface area contributed by atoms with E-state index in [0.29, 0.717) is 32.5 Å². The molecule has 4 rings (SSSR count). The van der Waals surface area contributed by atoms with Crippen molar-refractivity contribution in [3.05, 3.63) is 54.4 Å². The Morgan fingerprint density at radius 3 is 2.38 bits per heavy atom. The van der Waals surface area contributed by atoms with Crippen LogP contribution in [0.5, 0.6) is 0 Å². The second-order valence-electron chi connectivity index (χ2n) is 8.17. The highest BCUT2D eigenvalue weighted by Gasteiger charge is 2.35. The highest BCUT2D eigenvalue weighted by Crippen LogP contribution is 2.31. The van der Waals surface area contributed by atoms with Gasteiger partial charge in [0.05, 0.1) is 12.2 Å². The number of amides is 1. The highest BCUT2D eigenvalue weighted by atomic mass is 16.3. The van der Waals surface area contributed by atoms with Gasteiger partial charge in [0.2, 0.25) is 5.91 Å². The fourth-order valence-electron chi connectivity index (χ4n) is 4.29. The van der Waals surface area contributed by atoms with Gasteiger partial charge in [0.1, 0.15) is 5.60 Å². The molecule has 2 aliphatic heterocycles. The molecule has 2 saturated heterocycles. The molecular formula is C23H30N4O2. The summed E-state index contributed by atoms with van der Waals surface area (Å²) in [6, 6.07) is 13.8. The van der Waals surface area contributed by atoms with E-state index in [1.807, 2.05) is 30.3 Å². The third-order valence-electron chi connectivity index (χ3n) is 6.06. The summed E-state index contributed by atoms with van der Waals surface area (Å²) in [6.45, 7) is 3.92. The van der Waals surface area contributed by atoms with Crippen molar-refractivity contribution < 1.29 is 9.90 Å².